The van der Waals surface area contributed by atoms with Crippen LogP contribution in [0.1, 0.15) is 251 Å². The third kappa shape index (κ3) is 36.6. The number of carboxylic acids is 2. The third-order valence-electron chi connectivity index (χ3n) is 29.6. The number of aliphatic hydroxyl groups excluding tert-OH is 4. The molecule has 10 N–H and O–H groups in total. The number of carbonyl (C=O) groups is 11. The highest BCUT2D eigenvalue weighted by atomic mass is 35.5. The number of ketones is 5. The van der Waals surface area contributed by atoms with Gasteiger partial charge in [0.15, 0.2) is 18.2 Å². The SMILES string of the molecule is CO[C@H]1C[C@@H]2CC[C@@H](C)[C@@](O)(O2)C(=O)C(=O)N2CCCC[C@H]2C(=O)O[C@H]([C@H](C)C[C@@H]2CC[C@@H](O)[C@H](OC)C2)CC(=NOCC(=O)O)[C@H](C)/C=C(\C)[C@@H](O)[C@@H](OC)C(=O)[C@H](C)C[C@H](C)/C=C/C=C/C=C/1C.CO[C@H]1C[C@@H]2CC[C@@H](C)[C@@](O)(O2)C(=O)C(=O)N2CCCC[C@H]2C(=O)O[C@H]([C@H](C)C[C@@H]2CC[C@@H](O)[C@H](OC)C2)CC(=O)[C@H](C)/C=C(\C)[C@@H](O)[C@@H](OC)C(=O)[C@H](C)C[C@H](C)/C=C/C=C/C=C/1C.Cl.NOCC(=O)O. The maximum Gasteiger partial charge on any atom is 0.344 e. The van der Waals surface area contributed by atoms with Gasteiger partial charge in [-0.25, -0.2) is 25.1 Å². The Morgan fingerprint density at radius 1 is 0.479 bits per heavy atom. The van der Waals surface area contributed by atoms with Gasteiger partial charge in [0.1, 0.15) is 54.5 Å². The molecule has 36 heteroatoms. The number of hydrogen-bond donors (Lipinski definition) is 9. The molecule has 4 saturated heterocycles. The van der Waals surface area contributed by atoms with Crippen LogP contribution in [-0.2, 0) is 110 Å². The van der Waals surface area contributed by atoms with Gasteiger partial charge >= 0.3 is 23.9 Å². The number of nitrogens with zero attached hydrogens (tertiary/aromatic N) is 3. The summed E-state index contributed by atoms with van der Waals surface area (Å²) in [5.74, 6) is -13.8. The first kappa shape index (κ1) is 125. The molecule has 2 aliphatic carbocycles. The Hall–Kier alpha value is -7.79. The second kappa shape index (κ2) is 61.1. The third-order valence-corrected chi connectivity index (χ3v) is 29.6. The number of carboxylic acid groups (broad SMARTS) is 2. The molecule has 35 nitrogen and oxygen atoms in total. The van der Waals surface area contributed by atoms with Crippen LogP contribution in [0.2, 0.25) is 0 Å². The summed E-state index contributed by atoms with van der Waals surface area (Å²) in [6.45, 7) is 24.3. The van der Waals surface area contributed by atoms with Crippen molar-refractivity contribution in [3.05, 3.63) is 95.2 Å². The van der Waals surface area contributed by atoms with Crippen LogP contribution in [0, 0.1) is 71.0 Å². The number of aliphatic carboxylic acids is 2. The number of cyclic esters (lactones) is 2. The summed E-state index contributed by atoms with van der Waals surface area (Å²) in [4.78, 5) is 160. The molecule has 2 saturated carbocycles. The van der Waals surface area contributed by atoms with Gasteiger partial charge in [0, 0.05) is 117 Å². The zero-order valence-corrected chi connectivity index (χ0v) is 88.0. The van der Waals surface area contributed by atoms with Gasteiger partial charge in [-0.15, -0.1) is 12.4 Å². The number of carbonyl (C=O) groups excluding carboxylic acids is 9. The summed E-state index contributed by atoms with van der Waals surface area (Å²) in [5, 5.41) is 89.5. The number of allylic oxidation sites excluding steroid dienone is 12. The number of aliphatic hydroxyl groups is 6. The van der Waals surface area contributed by atoms with E-state index in [1.54, 1.807) is 89.1 Å². The van der Waals surface area contributed by atoms with Gasteiger partial charge in [-0.3, -0.25) is 38.4 Å². The first-order valence-electron chi connectivity index (χ1n) is 50.4. The fourth-order valence-electron chi connectivity index (χ4n) is 20.6. The largest absolute Gasteiger partial charge is 0.479 e. The molecule has 6 heterocycles. The lowest BCUT2D eigenvalue weighted by molar-refractivity contribution is -0.265. The van der Waals surface area contributed by atoms with Crippen molar-refractivity contribution in [3.8, 4) is 0 Å². The Balaban J connectivity index is 0.000000471. The lowest BCUT2D eigenvalue weighted by Crippen LogP contribution is -2.61. The van der Waals surface area contributed by atoms with Crippen LogP contribution >= 0.6 is 12.4 Å². The van der Waals surface area contributed by atoms with E-state index in [4.69, 9.17) is 57.3 Å². The lowest BCUT2D eigenvalue weighted by atomic mass is 9.78. The van der Waals surface area contributed by atoms with Gasteiger partial charge in [0.25, 0.3) is 23.4 Å². The molecule has 30 atom stereocenters. The molecule has 0 radical (unpaired) electrons. The number of halogens is 1. The van der Waals surface area contributed by atoms with Crippen LogP contribution in [0.4, 0.5) is 0 Å². The summed E-state index contributed by atoms with van der Waals surface area (Å²) < 4.78 is 59.0. The van der Waals surface area contributed by atoms with Gasteiger partial charge in [0.05, 0.1) is 54.5 Å². The van der Waals surface area contributed by atoms with Gasteiger partial charge in [0.2, 0.25) is 18.2 Å². The number of oxime groups is 1. The molecule has 0 aromatic heterocycles. The smallest absolute Gasteiger partial charge is 0.344 e. The van der Waals surface area contributed by atoms with Crippen LogP contribution in [-0.4, -0.2) is 299 Å². The number of rotatable bonds is 17. The van der Waals surface area contributed by atoms with Crippen LogP contribution in [0.15, 0.2) is 100 Å². The predicted molar refractivity (Wildman–Crippen MR) is 531 cm³/mol. The van der Waals surface area contributed by atoms with Gasteiger partial charge in [-0.2, -0.15) is 0 Å². The average Bonchev–Trinajstić information content (AvgIpc) is 0.773. The second-order valence-corrected chi connectivity index (χ2v) is 40.7. The van der Waals surface area contributed by atoms with Crippen molar-refractivity contribution in [2.75, 3.05) is 69.0 Å². The molecule has 0 spiro atoms. The monoisotopic (exact) mass is 2030 g/mol. The van der Waals surface area contributed by atoms with Crippen molar-refractivity contribution < 1.29 is 151 Å². The Morgan fingerprint density at radius 2 is 0.873 bits per heavy atom. The normalized spacial score (nSPS) is 38.0. The number of fused-ring (bicyclic) bond motifs is 6. The molecule has 0 aromatic rings. The topological polar surface area (TPSA) is 505 Å². The summed E-state index contributed by atoms with van der Waals surface area (Å²) in [6, 6.07) is -2.32. The van der Waals surface area contributed by atoms with Crippen LogP contribution < -0.4 is 5.90 Å². The highest BCUT2D eigenvalue weighted by molar-refractivity contribution is 6.39. The molecule has 4 bridgehead atoms. The van der Waals surface area contributed by atoms with Crippen LogP contribution in [0.3, 0.4) is 0 Å². The van der Waals surface area contributed by atoms with Crippen molar-refractivity contribution >= 4 is 82.7 Å². The molecule has 0 unspecified atom stereocenters. The van der Waals surface area contributed by atoms with Crippen LogP contribution in [0.25, 0.3) is 0 Å². The van der Waals surface area contributed by atoms with E-state index in [0.29, 0.717) is 133 Å². The van der Waals surface area contributed by atoms with E-state index in [2.05, 4.69) is 15.9 Å². The van der Waals surface area contributed by atoms with Crippen molar-refractivity contribution in [2.24, 2.45) is 82.1 Å². The molecule has 142 heavy (non-hydrogen) atoms. The molecule has 0 aromatic carbocycles. The minimum Gasteiger partial charge on any atom is -0.479 e. The van der Waals surface area contributed by atoms with E-state index in [1.807, 2.05) is 109 Å². The van der Waals surface area contributed by atoms with Crippen molar-refractivity contribution in [3.63, 3.8) is 0 Å². The maximum absolute atomic E-state index is 14.6. The molecular formula is C106H167ClN4O31. The summed E-state index contributed by atoms with van der Waals surface area (Å²) in [7, 11) is 9.01. The number of hydrogen-bond acceptors (Lipinski definition) is 31. The number of esters is 2. The Labute approximate surface area is 845 Å². The Kier molecular flexibility index (Phi) is 53.6. The Morgan fingerprint density at radius 3 is 1.24 bits per heavy atom. The van der Waals surface area contributed by atoms with Gasteiger partial charge < -0.3 is 103 Å². The standard InChI is InChI=1S/C53H82N2O15.C51H79NO13.C2H5NO3.ClH/c1-31-16-12-11-13-17-32(2)43(65-8)28-39-21-19-37(7)53(64,70-39)50(61)51(62)55-23-15-14-18-41(55)52(63)69-44(34(4)26-38-20-22-42(56)45(27-38)66-9)29-40(54-68-30-46(57)58)33(3)25-36(6)48(60)49(67-10)47(59)35(5)24-31;1-30-16-12-11-13-17-31(2)42(61-8)28-38-21-19-36(7)51(60,65-38)48(57)49(58)52-23-15-14-18-39(52)50(59)64-43(33(4)26-37-20-22-40(53)44(27-37)62-9)29-41(54)32(3)25-35(6)46(56)47(63-10)45(55)34(5)24-30;3-6-1-2(4)5;/h11-13,16-17,25,31,33-35,37-39,41-45,48-49,56,60,64H,14-15,18-24,26-30H2,1-10H3,(H,57,58);11-13,16-17,25,30,32-34,36-40,42-44,46-47,53,56,60H,14-15,18-24,26-29H2,1-10H3;1,3H2,(H,4,5);1H/b13-11+,16-12+,32-17+,36-25+,54-40?;13-11+,16-12+,31-17+,35-25+;;/t31-,33-,34-,35-,37-,38+,39+,41+,42-,43+,44+,45-,48-,49+,53-;30-,32-,33-,34-,36-,37+,38+,39+,40-,42+,43+,44-,46-,47+,51-;;/m11../s1. The Bertz CT molecular complexity index is 4370. The van der Waals surface area contributed by atoms with Crippen molar-refractivity contribution in [1.82, 2.24) is 9.80 Å². The number of nitrogens with two attached hydrogens (primary N) is 1. The molecule has 804 valence electrons. The molecule has 8 aliphatic rings. The number of piperidine rings is 2. The summed E-state index contributed by atoms with van der Waals surface area (Å²) >= 11 is 0. The fraction of sp³-hybridized carbons (Fsp3) is 0.736. The summed E-state index contributed by atoms with van der Waals surface area (Å²) in [6.07, 6.45) is 22.0. The van der Waals surface area contributed by atoms with Crippen molar-refractivity contribution in [2.45, 2.75) is 360 Å². The first-order chi connectivity index (χ1) is 66.7. The number of ether oxygens (including phenoxy) is 10. The van der Waals surface area contributed by atoms with Gasteiger partial charge in [-0.1, -0.05) is 147 Å². The average molecular weight is 2030 g/mol. The van der Waals surface area contributed by atoms with E-state index in [0.717, 1.165) is 17.6 Å². The van der Waals surface area contributed by atoms with E-state index in [9.17, 15) is 88.5 Å². The van der Waals surface area contributed by atoms with Gasteiger partial charge in [-0.05, 0) is 214 Å². The maximum atomic E-state index is 14.6. The first-order valence-corrected chi connectivity index (χ1v) is 50.4. The van der Waals surface area contributed by atoms with E-state index in [1.165, 1.54) is 24.0 Å². The highest BCUT2D eigenvalue weighted by Gasteiger charge is 2.56. The molecular weight excluding hydrogens is 1860 g/mol. The zero-order chi connectivity index (χ0) is 105. The van der Waals surface area contributed by atoms with Crippen molar-refractivity contribution in [1.29, 1.82) is 0 Å². The number of methoxy groups -OCH3 is 6. The minimum absolute atomic E-state index is 0. The fourth-order valence-corrected chi connectivity index (χ4v) is 20.6. The van der Waals surface area contributed by atoms with E-state index >= 15 is 0 Å². The summed E-state index contributed by atoms with van der Waals surface area (Å²) in [5.41, 5.74) is 2.78. The van der Waals surface area contributed by atoms with Crippen LogP contribution in [0.5, 0.6) is 0 Å². The zero-order valence-electron chi connectivity index (χ0n) is 87.2. The highest BCUT2D eigenvalue weighted by Crippen LogP contribution is 2.42. The molecule has 6 aliphatic heterocycles. The quantitative estimate of drug-likeness (QED) is 0.0283. The minimum atomic E-state index is -2.46. The van der Waals surface area contributed by atoms with E-state index in [-0.39, 0.29) is 122 Å². The molecule has 2 amide bonds. The second-order valence-electron chi connectivity index (χ2n) is 40.7. The number of Topliss-reactive ketones (excluding diaryl/α,β-unsaturated/α-hetero) is 5. The lowest BCUT2D eigenvalue weighted by Gasteiger charge is -2.42. The molecule has 8 rings (SSSR count). The number of amides is 2. The molecule has 6 fully saturated rings. The van der Waals surface area contributed by atoms with E-state index < -0.39 is 193 Å². The predicted octanol–water partition coefficient (Wildman–Crippen LogP) is 11.6.